The Labute approximate surface area is 179 Å². The first kappa shape index (κ1) is 21.2. The molecule has 1 N–H and O–H groups in total. The van der Waals surface area contributed by atoms with Crippen LogP contribution in [0.3, 0.4) is 0 Å². The average Bonchev–Trinajstić information content (AvgIpc) is 3.20. The predicted molar refractivity (Wildman–Crippen MR) is 115 cm³/mol. The predicted octanol–water partition coefficient (Wildman–Crippen LogP) is 4.18. The van der Waals surface area contributed by atoms with Crippen LogP contribution in [0.2, 0.25) is 0 Å². The molecule has 0 radical (unpaired) electrons. The zero-order valence-corrected chi connectivity index (χ0v) is 17.4. The highest BCUT2D eigenvalue weighted by Gasteiger charge is 2.10. The van der Waals surface area contributed by atoms with Crippen molar-refractivity contribution in [2.45, 2.75) is 32.8 Å². The molecule has 1 amide bonds. The molecule has 7 heteroatoms. The lowest BCUT2D eigenvalue weighted by atomic mass is 10.1. The molecule has 0 bridgehead atoms. The van der Waals surface area contributed by atoms with Gasteiger partial charge in [0.15, 0.2) is 0 Å². The summed E-state index contributed by atoms with van der Waals surface area (Å²) in [6.07, 6.45) is 0.971. The molecular weight excluding hydrogens is 398 g/mol. The summed E-state index contributed by atoms with van der Waals surface area (Å²) >= 11 is 1.37. The standard InChI is InChI=1S/C23H21N3O3S/c1-16-2-9-19(10-3-16)25-21(27)12-22-26-20(15-30-22)14-29-23(28)11-8-17-4-6-18(13-24)7-5-17/h2-7,9-10,15H,8,11-12,14H2,1H3,(H,25,27). The van der Waals surface area contributed by atoms with Crippen LogP contribution in [0.15, 0.2) is 53.9 Å². The van der Waals surface area contributed by atoms with E-state index in [1.165, 1.54) is 11.3 Å². The quantitative estimate of drug-likeness (QED) is 0.553. The van der Waals surface area contributed by atoms with E-state index in [1.54, 1.807) is 17.5 Å². The number of benzene rings is 2. The third-order valence-electron chi connectivity index (χ3n) is 4.33. The summed E-state index contributed by atoms with van der Waals surface area (Å²) < 4.78 is 5.27. The molecule has 1 heterocycles. The van der Waals surface area contributed by atoms with Gasteiger partial charge in [0.05, 0.1) is 23.7 Å². The largest absolute Gasteiger partial charge is 0.459 e. The van der Waals surface area contributed by atoms with Gasteiger partial charge < -0.3 is 10.1 Å². The average molecular weight is 420 g/mol. The number of esters is 1. The van der Waals surface area contributed by atoms with Gasteiger partial charge in [0.1, 0.15) is 11.6 Å². The summed E-state index contributed by atoms with van der Waals surface area (Å²) in [7, 11) is 0. The van der Waals surface area contributed by atoms with Crippen molar-refractivity contribution in [1.82, 2.24) is 4.98 Å². The second-order valence-electron chi connectivity index (χ2n) is 6.79. The molecule has 0 fully saturated rings. The Kier molecular flexibility index (Phi) is 7.30. The number of nitriles is 1. The zero-order chi connectivity index (χ0) is 21.3. The van der Waals surface area contributed by atoms with E-state index >= 15 is 0 Å². The van der Waals surface area contributed by atoms with Gasteiger partial charge in [-0.15, -0.1) is 11.3 Å². The Morgan fingerprint density at radius 2 is 1.87 bits per heavy atom. The van der Waals surface area contributed by atoms with Crippen LogP contribution in [0.1, 0.15) is 33.8 Å². The van der Waals surface area contributed by atoms with Crippen LogP contribution in [0.5, 0.6) is 0 Å². The van der Waals surface area contributed by atoms with E-state index in [0.29, 0.717) is 22.7 Å². The summed E-state index contributed by atoms with van der Waals surface area (Å²) in [6.45, 7) is 2.07. The number of thiazole rings is 1. The van der Waals surface area contributed by atoms with Crippen molar-refractivity contribution in [1.29, 1.82) is 5.26 Å². The molecule has 0 unspecified atom stereocenters. The highest BCUT2D eigenvalue weighted by Crippen LogP contribution is 2.14. The maximum absolute atomic E-state index is 12.2. The summed E-state index contributed by atoms with van der Waals surface area (Å²) in [4.78, 5) is 28.5. The fourth-order valence-electron chi connectivity index (χ4n) is 2.69. The van der Waals surface area contributed by atoms with Crippen molar-refractivity contribution in [3.05, 3.63) is 81.3 Å². The second kappa shape index (κ2) is 10.3. The Bertz CT molecular complexity index is 1050. The molecule has 0 aliphatic rings. The SMILES string of the molecule is Cc1ccc(NC(=O)Cc2nc(COC(=O)CCc3ccc(C#N)cc3)cs2)cc1. The fraction of sp³-hybridized carbons (Fsp3) is 0.217. The van der Waals surface area contributed by atoms with E-state index in [-0.39, 0.29) is 31.3 Å². The van der Waals surface area contributed by atoms with E-state index in [4.69, 9.17) is 10.00 Å². The molecular formula is C23H21N3O3S. The van der Waals surface area contributed by atoms with E-state index in [9.17, 15) is 9.59 Å². The Morgan fingerprint density at radius 1 is 1.13 bits per heavy atom. The summed E-state index contributed by atoms with van der Waals surface area (Å²) in [5.74, 6) is -0.454. The number of carbonyl (C=O) groups is 2. The van der Waals surface area contributed by atoms with Gasteiger partial charge in [-0.3, -0.25) is 9.59 Å². The molecule has 6 nitrogen and oxygen atoms in total. The normalized spacial score (nSPS) is 10.3. The first-order chi connectivity index (χ1) is 14.5. The van der Waals surface area contributed by atoms with Crippen molar-refractivity contribution in [2.75, 3.05) is 5.32 Å². The Morgan fingerprint density at radius 3 is 2.57 bits per heavy atom. The fourth-order valence-corrected chi connectivity index (χ4v) is 3.47. The number of anilines is 1. The minimum Gasteiger partial charge on any atom is -0.459 e. The first-order valence-electron chi connectivity index (χ1n) is 9.46. The summed E-state index contributed by atoms with van der Waals surface area (Å²) in [6, 6.07) is 16.8. The Balaban J connectivity index is 1.41. The lowest BCUT2D eigenvalue weighted by Crippen LogP contribution is -2.14. The van der Waals surface area contributed by atoms with Crippen LogP contribution >= 0.6 is 11.3 Å². The lowest BCUT2D eigenvalue weighted by molar-refractivity contribution is -0.145. The van der Waals surface area contributed by atoms with E-state index in [1.807, 2.05) is 43.3 Å². The van der Waals surface area contributed by atoms with Gasteiger partial charge in [0.25, 0.3) is 0 Å². The topological polar surface area (TPSA) is 92.1 Å². The third-order valence-corrected chi connectivity index (χ3v) is 5.23. The number of amides is 1. The molecule has 30 heavy (non-hydrogen) atoms. The number of nitrogens with one attached hydrogen (secondary N) is 1. The number of carbonyl (C=O) groups excluding carboxylic acids is 2. The van der Waals surface area contributed by atoms with Gasteiger partial charge in [-0.05, 0) is 43.2 Å². The number of hydrogen-bond donors (Lipinski definition) is 1. The van der Waals surface area contributed by atoms with Crippen molar-refractivity contribution in [3.8, 4) is 6.07 Å². The number of nitrogens with zero attached hydrogens (tertiary/aromatic N) is 2. The molecule has 152 valence electrons. The van der Waals surface area contributed by atoms with Crippen LogP contribution in [0.25, 0.3) is 0 Å². The lowest BCUT2D eigenvalue weighted by Gasteiger charge is -2.04. The molecule has 0 aliphatic carbocycles. The van der Waals surface area contributed by atoms with E-state index in [0.717, 1.165) is 16.8 Å². The molecule has 3 aromatic rings. The van der Waals surface area contributed by atoms with Crippen LogP contribution in [0.4, 0.5) is 5.69 Å². The minimum atomic E-state index is -0.314. The zero-order valence-electron chi connectivity index (χ0n) is 16.6. The number of rotatable bonds is 8. The maximum Gasteiger partial charge on any atom is 0.306 e. The highest BCUT2D eigenvalue weighted by atomic mass is 32.1. The number of hydrogen-bond acceptors (Lipinski definition) is 6. The van der Waals surface area contributed by atoms with Crippen molar-refractivity contribution >= 4 is 28.9 Å². The van der Waals surface area contributed by atoms with Crippen LogP contribution < -0.4 is 5.32 Å². The molecule has 3 rings (SSSR count). The smallest absolute Gasteiger partial charge is 0.306 e. The molecule has 0 aliphatic heterocycles. The Hall–Kier alpha value is -3.50. The van der Waals surface area contributed by atoms with E-state index in [2.05, 4.69) is 16.4 Å². The molecule has 0 spiro atoms. The molecule has 0 saturated carbocycles. The van der Waals surface area contributed by atoms with Crippen LogP contribution in [0, 0.1) is 18.3 Å². The molecule has 2 aromatic carbocycles. The number of aromatic nitrogens is 1. The van der Waals surface area contributed by atoms with Gasteiger partial charge in [-0.25, -0.2) is 4.98 Å². The molecule has 0 atom stereocenters. The van der Waals surface area contributed by atoms with Gasteiger partial charge >= 0.3 is 5.97 Å². The first-order valence-corrected chi connectivity index (χ1v) is 10.3. The van der Waals surface area contributed by atoms with Gasteiger partial charge in [-0.2, -0.15) is 5.26 Å². The second-order valence-corrected chi connectivity index (χ2v) is 7.74. The van der Waals surface area contributed by atoms with Crippen LogP contribution in [-0.4, -0.2) is 16.9 Å². The summed E-state index contributed by atoms with van der Waals surface area (Å²) in [5.41, 5.74) is 4.07. The van der Waals surface area contributed by atoms with Crippen molar-refractivity contribution in [3.63, 3.8) is 0 Å². The van der Waals surface area contributed by atoms with Gasteiger partial charge in [-0.1, -0.05) is 29.8 Å². The molecule has 0 saturated heterocycles. The number of ether oxygens (including phenoxy) is 1. The van der Waals surface area contributed by atoms with Crippen molar-refractivity contribution < 1.29 is 14.3 Å². The monoisotopic (exact) mass is 419 g/mol. The summed E-state index contributed by atoms with van der Waals surface area (Å²) in [5, 5.41) is 14.1. The molecule has 1 aromatic heterocycles. The minimum absolute atomic E-state index is 0.0856. The van der Waals surface area contributed by atoms with E-state index < -0.39 is 0 Å². The van der Waals surface area contributed by atoms with Crippen LogP contribution in [-0.2, 0) is 33.8 Å². The van der Waals surface area contributed by atoms with Gasteiger partial charge in [0.2, 0.25) is 5.91 Å². The van der Waals surface area contributed by atoms with Crippen molar-refractivity contribution in [2.24, 2.45) is 0 Å². The maximum atomic E-state index is 12.2. The number of aryl methyl sites for hydroxylation is 2. The highest BCUT2D eigenvalue weighted by molar-refractivity contribution is 7.09. The van der Waals surface area contributed by atoms with Gasteiger partial charge in [0, 0.05) is 17.5 Å². The third kappa shape index (κ3) is 6.54.